The topological polar surface area (TPSA) is 12.5 Å². The molecule has 6 aromatic carbocycles. The lowest BCUT2D eigenvalue weighted by Crippen LogP contribution is -2.63. The van der Waals surface area contributed by atoms with Crippen LogP contribution in [0.3, 0.4) is 0 Å². The molecule has 0 fully saturated rings. The number of nitrogens with zero attached hydrogens (tertiary/aromatic N) is 1. The van der Waals surface area contributed by atoms with Crippen molar-refractivity contribution in [2.45, 2.75) is 71.6 Å². The van der Waals surface area contributed by atoms with Crippen LogP contribution >= 0.6 is 11.3 Å². The maximum Gasteiger partial charge on any atom is 0.251 e. The van der Waals surface area contributed by atoms with E-state index in [0.717, 1.165) is 22.9 Å². The first-order chi connectivity index (χ1) is 24.3. The van der Waals surface area contributed by atoms with E-state index in [-0.39, 0.29) is 23.0 Å². The summed E-state index contributed by atoms with van der Waals surface area (Å²) in [5.41, 5.74) is 12.7. The predicted molar refractivity (Wildman–Crippen MR) is 221 cm³/mol. The number of hydrogen-bond acceptors (Lipinski definition) is 3. The van der Waals surface area contributed by atoms with Crippen LogP contribution < -0.4 is 26.0 Å². The molecule has 9 rings (SSSR count). The Balaban J connectivity index is 1.30. The summed E-state index contributed by atoms with van der Waals surface area (Å²) in [6.45, 7) is 18.9. The Kier molecular flexibility index (Phi) is 6.99. The second kappa shape index (κ2) is 11.1. The number of ether oxygens (including phenoxy) is 1. The number of fused-ring (bicyclic) bond motifs is 7. The van der Waals surface area contributed by atoms with Crippen molar-refractivity contribution in [3.63, 3.8) is 0 Å². The third kappa shape index (κ3) is 4.98. The molecule has 2 aliphatic heterocycles. The van der Waals surface area contributed by atoms with Gasteiger partial charge in [-0.25, -0.2) is 0 Å². The first-order valence-electron chi connectivity index (χ1n) is 18.2. The molecule has 7 aromatic rings. The second-order valence-electron chi connectivity index (χ2n) is 17.0. The average Bonchev–Trinajstić information content (AvgIpc) is 3.47. The van der Waals surface area contributed by atoms with Gasteiger partial charge >= 0.3 is 0 Å². The van der Waals surface area contributed by atoms with Crippen LogP contribution in [0.2, 0.25) is 0 Å². The molecule has 0 amide bonds. The van der Waals surface area contributed by atoms with Crippen LogP contribution in [0.5, 0.6) is 11.5 Å². The molecule has 0 atom stereocenters. The molecule has 0 radical (unpaired) electrons. The minimum Gasteiger partial charge on any atom is -0.458 e. The number of para-hydroxylation sites is 1. The monoisotopic (exact) mass is 681 g/mol. The fourth-order valence-electron chi connectivity index (χ4n) is 8.69. The van der Waals surface area contributed by atoms with Gasteiger partial charge < -0.3 is 9.64 Å². The van der Waals surface area contributed by atoms with Crippen molar-refractivity contribution in [1.82, 2.24) is 0 Å². The predicted octanol–water partition coefficient (Wildman–Crippen LogP) is 11.4. The molecule has 0 saturated carbocycles. The van der Waals surface area contributed by atoms with Crippen LogP contribution in [0.4, 0.5) is 17.1 Å². The lowest BCUT2D eigenvalue weighted by atomic mass is 9.30. The molecular weight excluding hydrogens is 637 g/mol. The molecule has 0 bridgehead atoms. The maximum atomic E-state index is 6.80. The molecule has 0 aliphatic carbocycles. The van der Waals surface area contributed by atoms with Crippen molar-refractivity contribution in [3.8, 4) is 11.5 Å². The summed E-state index contributed by atoms with van der Waals surface area (Å²) in [7, 11) is 0. The lowest BCUT2D eigenvalue weighted by Gasteiger charge is -2.45. The highest BCUT2D eigenvalue weighted by molar-refractivity contribution is 7.25. The van der Waals surface area contributed by atoms with Gasteiger partial charge in [-0.1, -0.05) is 122 Å². The molecule has 252 valence electrons. The summed E-state index contributed by atoms with van der Waals surface area (Å²) in [5.74, 6) is 1.95. The van der Waals surface area contributed by atoms with Crippen LogP contribution in [0, 0.1) is 0 Å². The molecule has 4 heteroatoms. The summed E-state index contributed by atoms with van der Waals surface area (Å²) in [4.78, 5) is 2.44. The summed E-state index contributed by atoms with van der Waals surface area (Å²) in [6.07, 6.45) is 0. The lowest BCUT2D eigenvalue weighted by molar-refractivity contribution is 0.479. The van der Waals surface area contributed by atoms with E-state index in [1.165, 1.54) is 64.5 Å². The Morgan fingerprint density at radius 1 is 0.588 bits per heavy atom. The number of anilines is 3. The highest BCUT2D eigenvalue weighted by Crippen LogP contribution is 2.46. The minimum atomic E-state index is -0.270. The molecule has 0 spiro atoms. The van der Waals surface area contributed by atoms with E-state index in [4.69, 9.17) is 4.74 Å². The van der Waals surface area contributed by atoms with Crippen molar-refractivity contribution in [2.75, 3.05) is 4.90 Å². The van der Waals surface area contributed by atoms with E-state index >= 15 is 0 Å². The SMILES string of the molecule is CC(C)(C)c1ccc2c(c1)B1c3ccc(N(c4ccccc4)c4ccc5sc6ccccc6c5c4)cc3C(C)(C)c3c(C(C)(C)C)ccc(c31)O2. The molecule has 0 saturated heterocycles. The third-order valence-electron chi connectivity index (χ3n) is 11.2. The van der Waals surface area contributed by atoms with Crippen molar-refractivity contribution in [3.05, 3.63) is 144 Å². The molecule has 1 aromatic heterocycles. The number of thiophene rings is 1. The number of rotatable bonds is 3. The Morgan fingerprint density at radius 3 is 2.04 bits per heavy atom. The summed E-state index contributed by atoms with van der Waals surface area (Å²) in [5, 5.41) is 2.62. The smallest absolute Gasteiger partial charge is 0.251 e. The van der Waals surface area contributed by atoms with Gasteiger partial charge in [-0.2, -0.15) is 0 Å². The first-order valence-corrected chi connectivity index (χ1v) is 19.0. The van der Waals surface area contributed by atoms with E-state index in [0.29, 0.717) is 0 Å². The van der Waals surface area contributed by atoms with Gasteiger partial charge in [0, 0.05) is 42.6 Å². The second-order valence-corrected chi connectivity index (χ2v) is 18.1. The van der Waals surface area contributed by atoms with Crippen LogP contribution in [0.1, 0.15) is 77.6 Å². The first kappa shape index (κ1) is 32.1. The zero-order valence-electron chi connectivity index (χ0n) is 30.9. The van der Waals surface area contributed by atoms with Gasteiger partial charge in [-0.15, -0.1) is 11.3 Å². The normalized spacial score (nSPS) is 14.5. The highest BCUT2D eigenvalue weighted by Gasteiger charge is 2.47. The standard InChI is InChI=1S/C47H44BNOS/c1-45(2,3)29-18-23-39-38(26-29)48-37-22-19-32(28-36(37)47(7,8)43-35(46(4,5)6)21-24-40(50-39)44(43)48)49(30-14-10-9-11-15-30)31-20-25-42-34(27-31)33-16-12-13-17-41(33)51-42/h9-28H,1-8H3. The Hall–Kier alpha value is -4.80. The third-order valence-corrected chi connectivity index (χ3v) is 12.4. The van der Waals surface area contributed by atoms with Crippen molar-refractivity contribution in [2.24, 2.45) is 0 Å². The summed E-state index contributed by atoms with van der Waals surface area (Å²) < 4.78 is 9.44. The minimum absolute atomic E-state index is 0.0249. The Bertz CT molecular complexity index is 2510. The Morgan fingerprint density at radius 2 is 1.27 bits per heavy atom. The Labute approximate surface area is 306 Å². The van der Waals surface area contributed by atoms with Crippen LogP contribution in [-0.2, 0) is 16.2 Å². The van der Waals surface area contributed by atoms with Crippen molar-refractivity contribution >= 4 is 71.7 Å². The van der Waals surface area contributed by atoms with Gasteiger partial charge in [-0.05, 0) is 105 Å². The molecule has 51 heavy (non-hydrogen) atoms. The zero-order chi connectivity index (χ0) is 35.4. The molecular formula is C47H44BNOS. The number of benzene rings is 6. The van der Waals surface area contributed by atoms with Gasteiger partial charge in [0.1, 0.15) is 11.5 Å². The van der Waals surface area contributed by atoms with Crippen molar-refractivity contribution < 1.29 is 4.74 Å². The van der Waals surface area contributed by atoms with Crippen LogP contribution in [0.15, 0.2) is 121 Å². The van der Waals surface area contributed by atoms with Gasteiger partial charge in [-0.3, -0.25) is 0 Å². The van der Waals surface area contributed by atoms with Crippen molar-refractivity contribution in [1.29, 1.82) is 0 Å². The van der Waals surface area contributed by atoms with E-state index in [9.17, 15) is 0 Å². The maximum absolute atomic E-state index is 6.80. The van der Waals surface area contributed by atoms with Crippen LogP contribution in [-0.4, -0.2) is 6.71 Å². The highest BCUT2D eigenvalue weighted by atomic mass is 32.1. The molecule has 2 aliphatic rings. The van der Waals surface area contributed by atoms with Gasteiger partial charge in [0.25, 0.3) is 6.71 Å². The van der Waals surface area contributed by atoms with E-state index in [1.807, 2.05) is 11.3 Å². The van der Waals surface area contributed by atoms with Gasteiger partial charge in [0.05, 0.1) is 0 Å². The largest absolute Gasteiger partial charge is 0.458 e. The average molecular weight is 682 g/mol. The fraction of sp³-hybridized carbons (Fsp3) is 0.234. The quantitative estimate of drug-likeness (QED) is 0.172. The zero-order valence-corrected chi connectivity index (χ0v) is 31.7. The van der Waals surface area contributed by atoms with Crippen LogP contribution in [0.25, 0.3) is 20.2 Å². The summed E-state index contributed by atoms with van der Waals surface area (Å²) in [6, 6.07) is 45.2. The fourth-order valence-corrected chi connectivity index (χ4v) is 9.78. The van der Waals surface area contributed by atoms with E-state index < -0.39 is 0 Å². The van der Waals surface area contributed by atoms with Gasteiger partial charge in [0.2, 0.25) is 0 Å². The number of hydrogen-bond donors (Lipinski definition) is 0. The molecule has 0 N–H and O–H groups in total. The van der Waals surface area contributed by atoms with E-state index in [2.05, 4.69) is 182 Å². The molecule has 0 unspecified atom stereocenters. The molecule has 2 nitrogen and oxygen atoms in total. The van der Waals surface area contributed by atoms with Gasteiger partial charge in [0.15, 0.2) is 0 Å². The summed E-state index contributed by atoms with van der Waals surface area (Å²) >= 11 is 1.87. The molecule has 3 heterocycles. The van der Waals surface area contributed by atoms with E-state index in [1.54, 1.807) is 0 Å².